The van der Waals surface area contributed by atoms with Gasteiger partial charge in [-0.05, 0) is 36.5 Å². The van der Waals surface area contributed by atoms with Crippen LogP contribution in [0.4, 0.5) is 0 Å². The minimum atomic E-state index is -3.52. The molecule has 7 nitrogen and oxygen atoms in total. The first-order chi connectivity index (χ1) is 12.5. The largest absolute Gasteiger partial charge is 0.384 e. The Hall–Kier alpha value is -1.74. The summed E-state index contributed by atoms with van der Waals surface area (Å²) in [5.74, 6) is 0.258. The number of ether oxygens (including phenoxy) is 1. The van der Waals surface area contributed by atoms with Crippen LogP contribution in [0.15, 0.2) is 42.7 Å². The van der Waals surface area contributed by atoms with E-state index in [-0.39, 0.29) is 5.92 Å². The first-order valence-corrected chi connectivity index (χ1v) is 10.2. The maximum Gasteiger partial charge on any atom is 0.282 e. The third kappa shape index (κ3) is 4.15. The Kier molecular flexibility index (Phi) is 6.08. The molecule has 26 heavy (non-hydrogen) atoms. The molecule has 0 saturated carbocycles. The molecular formula is C18H26N4O3S. The third-order valence-electron chi connectivity index (χ3n) is 4.74. The van der Waals surface area contributed by atoms with Crippen molar-refractivity contribution < 1.29 is 13.2 Å². The van der Waals surface area contributed by atoms with E-state index in [1.165, 1.54) is 4.31 Å². The van der Waals surface area contributed by atoms with Gasteiger partial charge in [-0.3, -0.25) is 0 Å². The number of hydrogen-bond donors (Lipinski definition) is 0. The Morgan fingerprint density at radius 1 is 1.31 bits per heavy atom. The average Bonchev–Trinajstić information content (AvgIpc) is 3.17. The summed E-state index contributed by atoms with van der Waals surface area (Å²) in [5, 5.41) is 4.26. The molecule has 1 fully saturated rings. The fourth-order valence-corrected chi connectivity index (χ4v) is 4.86. The molecule has 2 heterocycles. The van der Waals surface area contributed by atoms with Crippen LogP contribution in [0.5, 0.6) is 0 Å². The van der Waals surface area contributed by atoms with E-state index < -0.39 is 10.2 Å². The second kappa shape index (κ2) is 8.30. The topological polar surface area (TPSA) is 67.7 Å². The van der Waals surface area contributed by atoms with E-state index in [0.29, 0.717) is 26.2 Å². The Morgan fingerprint density at radius 2 is 2.12 bits per heavy atom. The molecule has 0 unspecified atom stereocenters. The van der Waals surface area contributed by atoms with Crippen molar-refractivity contribution in [3.63, 3.8) is 0 Å². The number of para-hydroxylation sites is 1. The molecule has 0 N–H and O–H groups in total. The molecule has 1 atom stereocenters. The summed E-state index contributed by atoms with van der Waals surface area (Å²) < 4.78 is 36.0. The maximum absolute atomic E-state index is 13.0. The van der Waals surface area contributed by atoms with Crippen LogP contribution in [-0.4, -0.2) is 60.7 Å². The molecule has 0 spiro atoms. The third-order valence-corrected chi connectivity index (χ3v) is 6.64. The van der Waals surface area contributed by atoms with Crippen LogP contribution in [0, 0.1) is 5.92 Å². The van der Waals surface area contributed by atoms with Gasteiger partial charge in [-0.25, -0.2) is 4.68 Å². The number of nitrogens with zero attached hydrogens (tertiary/aromatic N) is 4. The van der Waals surface area contributed by atoms with Crippen molar-refractivity contribution in [3.8, 4) is 5.69 Å². The Labute approximate surface area is 155 Å². The first kappa shape index (κ1) is 19.0. The van der Waals surface area contributed by atoms with E-state index in [1.807, 2.05) is 36.5 Å². The van der Waals surface area contributed by atoms with Crippen LogP contribution in [0.3, 0.4) is 0 Å². The van der Waals surface area contributed by atoms with Crippen molar-refractivity contribution in [1.29, 1.82) is 0 Å². The van der Waals surface area contributed by atoms with Crippen molar-refractivity contribution >= 4 is 10.2 Å². The molecule has 0 amide bonds. The smallest absolute Gasteiger partial charge is 0.282 e. The van der Waals surface area contributed by atoms with Gasteiger partial charge in [-0.1, -0.05) is 18.2 Å². The van der Waals surface area contributed by atoms with Crippen LogP contribution in [0.1, 0.15) is 18.4 Å². The Morgan fingerprint density at radius 3 is 2.85 bits per heavy atom. The molecule has 1 aliphatic heterocycles. The van der Waals surface area contributed by atoms with Crippen LogP contribution >= 0.6 is 0 Å². The maximum atomic E-state index is 13.0. The summed E-state index contributed by atoms with van der Waals surface area (Å²) in [5.41, 5.74) is 1.79. The second-order valence-electron chi connectivity index (χ2n) is 6.66. The SMILES string of the molecule is COC[C@@H]1CCCN(S(=O)(=O)N(C)Cc2ccccc2-n2cccn2)C1. The number of piperidine rings is 1. The molecule has 1 aromatic carbocycles. The predicted octanol–water partition coefficient (Wildman–Crippen LogP) is 1.91. The standard InChI is InChI=1S/C18H26N4O3S/c1-20(26(23,24)21-11-5-7-16(13-21)15-25-2)14-17-8-3-4-9-18(17)22-12-6-10-19-22/h3-4,6,8-10,12,16H,5,7,11,13-15H2,1-2H3/t16-/m1/s1. The van der Waals surface area contributed by atoms with E-state index in [0.717, 1.165) is 24.1 Å². The molecule has 0 radical (unpaired) electrons. The van der Waals surface area contributed by atoms with Gasteiger partial charge in [0, 0.05) is 46.2 Å². The van der Waals surface area contributed by atoms with E-state index in [1.54, 1.807) is 29.3 Å². The van der Waals surface area contributed by atoms with Crippen LogP contribution in [0.2, 0.25) is 0 Å². The number of aromatic nitrogens is 2. The summed E-state index contributed by atoms with van der Waals surface area (Å²) in [6.45, 7) is 1.97. The quantitative estimate of drug-likeness (QED) is 0.738. The predicted molar refractivity (Wildman–Crippen MR) is 100 cm³/mol. The molecule has 1 aromatic heterocycles. The normalized spacial score (nSPS) is 19.1. The number of rotatable bonds is 7. The van der Waals surface area contributed by atoms with Gasteiger partial charge in [0.15, 0.2) is 0 Å². The molecule has 0 bridgehead atoms. The van der Waals surface area contributed by atoms with Crippen LogP contribution < -0.4 is 0 Å². The van der Waals surface area contributed by atoms with E-state index in [2.05, 4.69) is 5.10 Å². The second-order valence-corrected chi connectivity index (χ2v) is 8.70. The monoisotopic (exact) mass is 378 g/mol. The minimum Gasteiger partial charge on any atom is -0.384 e. The molecule has 0 aliphatic carbocycles. The Balaban J connectivity index is 1.76. The lowest BCUT2D eigenvalue weighted by Crippen LogP contribution is -2.47. The molecule has 2 aromatic rings. The molecule has 8 heteroatoms. The molecule has 1 saturated heterocycles. The highest BCUT2D eigenvalue weighted by Gasteiger charge is 2.32. The van der Waals surface area contributed by atoms with Gasteiger partial charge in [0.25, 0.3) is 10.2 Å². The van der Waals surface area contributed by atoms with Gasteiger partial charge >= 0.3 is 0 Å². The summed E-state index contributed by atoms with van der Waals surface area (Å²) in [6, 6.07) is 9.57. The zero-order chi connectivity index (χ0) is 18.6. The average molecular weight is 378 g/mol. The first-order valence-electron chi connectivity index (χ1n) is 8.80. The fraction of sp³-hybridized carbons (Fsp3) is 0.500. The van der Waals surface area contributed by atoms with E-state index in [9.17, 15) is 8.42 Å². The van der Waals surface area contributed by atoms with E-state index >= 15 is 0 Å². The highest BCUT2D eigenvalue weighted by molar-refractivity contribution is 7.86. The Bertz CT molecular complexity index is 806. The van der Waals surface area contributed by atoms with Crippen molar-refractivity contribution in [2.24, 2.45) is 5.92 Å². The van der Waals surface area contributed by atoms with Crippen molar-refractivity contribution in [1.82, 2.24) is 18.4 Å². The molecule has 1 aliphatic rings. The van der Waals surface area contributed by atoms with Crippen LogP contribution in [-0.2, 0) is 21.5 Å². The van der Waals surface area contributed by atoms with Gasteiger partial charge in [0.1, 0.15) is 0 Å². The highest BCUT2D eigenvalue weighted by Crippen LogP contribution is 2.23. The van der Waals surface area contributed by atoms with Gasteiger partial charge in [0.2, 0.25) is 0 Å². The minimum absolute atomic E-state index is 0.258. The number of hydrogen-bond acceptors (Lipinski definition) is 4. The van der Waals surface area contributed by atoms with Gasteiger partial charge in [0.05, 0.1) is 12.3 Å². The summed E-state index contributed by atoms with van der Waals surface area (Å²) in [6.07, 6.45) is 5.44. The fourth-order valence-electron chi connectivity index (χ4n) is 3.41. The molecule has 3 rings (SSSR count). The van der Waals surface area contributed by atoms with Crippen molar-refractivity contribution in [2.45, 2.75) is 19.4 Å². The summed E-state index contributed by atoms with van der Waals surface area (Å²) in [7, 11) is -0.223. The number of methoxy groups -OCH3 is 1. The highest BCUT2D eigenvalue weighted by atomic mass is 32.2. The lowest BCUT2D eigenvalue weighted by molar-refractivity contribution is 0.116. The zero-order valence-corrected chi connectivity index (χ0v) is 16.1. The summed E-state index contributed by atoms with van der Waals surface area (Å²) in [4.78, 5) is 0. The molecular weight excluding hydrogens is 352 g/mol. The molecule has 142 valence electrons. The van der Waals surface area contributed by atoms with Crippen molar-refractivity contribution in [2.75, 3.05) is 33.9 Å². The van der Waals surface area contributed by atoms with Gasteiger partial charge in [-0.2, -0.15) is 22.1 Å². The van der Waals surface area contributed by atoms with Gasteiger partial charge in [-0.15, -0.1) is 0 Å². The van der Waals surface area contributed by atoms with Crippen LogP contribution in [0.25, 0.3) is 5.69 Å². The zero-order valence-electron chi connectivity index (χ0n) is 15.3. The van der Waals surface area contributed by atoms with Crippen molar-refractivity contribution in [3.05, 3.63) is 48.3 Å². The number of benzene rings is 1. The van der Waals surface area contributed by atoms with Gasteiger partial charge < -0.3 is 4.74 Å². The summed E-state index contributed by atoms with van der Waals surface area (Å²) >= 11 is 0. The van der Waals surface area contributed by atoms with E-state index in [4.69, 9.17) is 4.74 Å². The lowest BCUT2D eigenvalue weighted by Gasteiger charge is -2.34. The lowest BCUT2D eigenvalue weighted by atomic mass is 10.0.